The molecule has 2 rings (SSSR count). The van der Waals surface area contributed by atoms with Crippen molar-refractivity contribution in [2.24, 2.45) is 0 Å². The second-order valence-electron chi connectivity index (χ2n) is 4.66. The quantitative estimate of drug-likeness (QED) is 0.941. The summed E-state index contributed by atoms with van der Waals surface area (Å²) < 4.78 is 30.8. The highest BCUT2D eigenvalue weighted by molar-refractivity contribution is 6.29. The summed E-state index contributed by atoms with van der Waals surface area (Å²) in [6, 6.07) is 3.03. The number of halogens is 3. The van der Waals surface area contributed by atoms with Gasteiger partial charge in [0.2, 0.25) is 11.1 Å². The van der Waals surface area contributed by atoms with E-state index in [9.17, 15) is 13.6 Å². The predicted molar refractivity (Wildman–Crippen MR) is 72.9 cm³/mol. The Bertz CT molecular complexity index is 653. The van der Waals surface area contributed by atoms with Crippen LogP contribution < -0.4 is 5.32 Å². The summed E-state index contributed by atoms with van der Waals surface area (Å²) in [5.41, 5.74) is 1.51. The fourth-order valence-electron chi connectivity index (χ4n) is 1.88. The molecule has 0 spiro atoms. The molecule has 1 heterocycles. The van der Waals surface area contributed by atoms with Crippen LogP contribution in [0, 0.1) is 18.6 Å². The zero-order valence-electron chi connectivity index (χ0n) is 11.4. The van der Waals surface area contributed by atoms with Crippen LogP contribution in [-0.2, 0) is 11.2 Å². The number of carbonyl (C=O) groups excluding carboxylic acids is 1. The van der Waals surface area contributed by atoms with Gasteiger partial charge in [0.1, 0.15) is 0 Å². The molecule has 1 amide bonds. The number of aromatic nitrogens is 1. The third kappa shape index (κ3) is 3.58. The summed E-state index contributed by atoms with van der Waals surface area (Å²) in [4.78, 5) is 11.9. The van der Waals surface area contributed by atoms with Crippen molar-refractivity contribution in [3.8, 4) is 0 Å². The highest BCUT2D eigenvalue weighted by atomic mass is 35.5. The first kappa shape index (κ1) is 15.4. The van der Waals surface area contributed by atoms with Crippen LogP contribution in [0.15, 0.2) is 22.7 Å². The van der Waals surface area contributed by atoms with Gasteiger partial charge in [0.25, 0.3) is 0 Å². The maximum atomic E-state index is 13.2. The number of nitrogens with zero attached hydrogens (tertiary/aromatic N) is 1. The summed E-state index contributed by atoms with van der Waals surface area (Å²) in [7, 11) is 0. The van der Waals surface area contributed by atoms with Gasteiger partial charge in [-0.3, -0.25) is 4.79 Å². The number of hydrogen-bond donors (Lipinski definition) is 1. The van der Waals surface area contributed by atoms with Gasteiger partial charge in [-0.1, -0.05) is 11.2 Å². The molecule has 0 bridgehead atoms. The monoisotopic (exact) mass is 314 g/mol. The molecule has 2 aromatic rings. The third-order valence-corrected chi connectivity index (χ3v) is 3.39. The van der Waals surface area contributed by atoms with Gasteiger partial charge in [-0.2, -0.15) is 0 Å². The van der Waals surface area contributed by atoms with Crippen LogP contribution in [0.3, 0.4) is 0 Å². The zero-order chi connectivity index (χ0) is 15.6. The standard InChI is InChI=1S/C14H13ClF2N2O2/c1-7(9-3-4-11(16)12(17)5-9)18-13(20)6-10-8(2)19-21-14(10)15/h3-5,7H,6H2,1-2H3,(H,18,20)/t7-/m0/s1. The Morgan fingerprint density at radius 3 is 2.71 bits per heavy atom. The number of hydrogen-bond acceptors (Lipinski definition) is 3. The summed E-state index contributed by atoms with van der Waals surface area (Å²) in [6.45, 7) is 3.35. The second kappa shape index (κ2) is 6.22. The Morgan fingerprint density at radius 1 is 1.43 bits per heavy atom. The molecule has 21 heavy (non-hydrogen) atoms. The van der Waals surface area contributed by atoms with Crippen LogP contribution >= 0.6 is 11.6 Å². The van der Waals surface area contributed by atoms with Crippen molar-refractivity contribution in [2.45, 2.75) is 26.3 Å². The molecule has 0 aliphatic carbocycles. The van der Waals surface area contributed by atoms with Crippen molar-refractivity contribution in [2.75, 3.05) is 0 Å². The Morgan fingerprint density at radius 2 is 2.14 bits per heavy atom. The van der Waals surface area contributed by atoms with Crippen LogP contribution in [0.25, 0.3) is 0 Å². The Kier molecular flexibility index (Phi) is 4.57. The minimum Gasteiger partial charge on any atom is -0.349 e. The molecule has 1 atom stereocenters. The number of nitrogens with one attached hydrogen (secondary N) is 1. The number of benzene rings is 1. The van der Waals surface area contributed by atoms with Gasteiger partial charge < -0.3 is 9.84 Å². The summed E-state index contributed by atoms with van der Waals surface area (Å²) in [5, 5.41) is 6.40. The summed E-state index contributed by atoms with van der Waals surface area (Å²) >= 11 is 5.78. The molecular weight excluding hydrogens is 302 g/mol. The van der Waals surface area contributed by atoms with E-state index in [2.05, 4.69) is 10.5 Å². The van der Waals surface area contributed by atoms with E-state index in [0.29, 0.717) is 16.8 Å². The molecule has 112 valence electrons. The van der Waals surface area contributed by atoms with Gasteiger partial charge in [0.15, 0.2) is 11.6 Å². The molecule has 1 aromatic heterocycles. The van der Waals surface area contributed by atoms with Gasteiger partial charge in [0, 0.05) is 5.56 Å². The average Bonchev–Trinajstić information content (AvgIpc) is 2.73. The topological polar surface area (TPSA) is 55.1 Å². The molecule has 1 aromatic carbocycles. The number of amides is 1. The first-order valence-corrected chi connectivity index (χ1v) is 6.61. The molecule has 4 nitrogen and oxygen atoms in total. The van der Waals surface area contributed by atoms with Gasteiger partial charge in [-0.05, 0) is 43.1 Å². The van der Waals surface area contributed by atoms with E-state index in [1.165, 1.54) is 6.07 Å². The fraction of sp³-hybridized carbons (Fsp3) is 0.286. The molecule has 0 unspecified atom stereocenters. The van der Waals surface area contributed by atoms with E-state index in [-0.39, 0.29) is 17.5 Å². The van der Waals surface area contributed by atoms with E-state index in [1.54, 1.807) is 13.8 Å². The van der Waals surface area contributed by atoms with Crippen LogP contribution in [0.4, 0.5) is 8.78 Å². The fourth-order valence-corrected chi connectivity index (χ4v) is 2.11. The maximum Gasteiger partial charge on any atom is 0.229 e. The predicted octanol–water partition coefficient (Wildman–Crippen LogP) is 3.33. The lowest BCUT2D eigenvalue weighted by Crippen LogP contribution is -2.28. The normalized spacial score (nSPS) is 12.2. The lowest BCUT2D eigenvalue weighted by Gasteiger charge is -2.14. The molecule has 1 N–H and O–H groups in total. The van der Waals surface area contributed by atoms with Gasteiger partial charge >= 0.3 is 0 Å². The van der Waals surface area contributed by atoms with Crippen LogP contribution in [0.2, 0.25) is 5.22 Å². The molecule has 0 aliphatic rings. The number of rotatable bonds is 4. The first-order valence-electron chi connectivity index (χ1n) is 6.23. The molecule has 0 saturated heterocycles. The molecule has 0 radical (unpaired) electrons. The molecule has 7 heteroatoms. The van der Waals surface area contributed by atoms with Gasteiger partial charge in [-0.25, -0.2) is 8.78 Å². The van der Waals surface area contributed by atoms with E-state index < -0.39 is 17.7 Å². The first-order chi connectivity index (χ1) is 9.88. The highest BCUT2D eigenvalue weighted by Crippen LogP contribution is 2.20. The minimum atomic E-state index is -0.952. The van der Waals surface area contributed by atoms with Crippen molar-refractivity contribution in [3.05, 3.63) is 51.9 Å². The Hall–Kier alpha value is -1.95. The Labute approximate surface area is 125 Å². The van der Waals surface area contributed by atoms with Crippen LogP contribution in [0.1, 0.15) is 29.8 Å². The third-order valence-electron chi connectivity index (χ3n) is 3.10. The lowest BCUT2D eigenvalue weighted by atomic mass is 10.1. The van der Waals surface area contributed by atoms with Crippen LogP contribution in [-0.4, -0.2) is 11.1 Å². The largest absolute Gasteiger partial charge is 0.349 e. The van der Waals surface area contributed by atoms with Crippen LogP contribution in [0.5, 0.6) is 0 Å². The van der Waals surface area contributed by atoms with Crippen molar-refractivity contribution in [1.82, 2.24) is 10.5 Å². The van der Waals surface area contributed by atoms with E-state index in [0.717, 1.165) is 12.1 Å². The van der Waals surface area contributed by atoms with E-state index in [1.807, 2.05) is 0 Å². The van der Waals surface area contributed by atoms with Gasteiger partial charge in [-0.15, -0.1) is 0 Å². The zero-order valence-corrected chi connectivity index (χ0v) is 12.2. The van der Waals surface area contributed by atoms with E-state index in [4.69, 9.17) is 16.1 Å². The number of carbonyl (C=O) groups is 1. The molecule has 0 aliphatic heterocycles. The van der Waals surface area contributed by atoms with Gasteiger partial charge in [0.05, 0.1) is 18.2 Å². The van der Waals surface area contributed by atoms with Crippen molar-refractivity contribution in [1.29, 1.82) is 0 Å². The lowest BCUT2D eigenvalue weighted by molar-refractivity contribution is -0.121. The highest BCUT2D eigenvalue weighted by Gasteiger charge is 2.17. The molecule has 0 saturated carbocycles. The Balaban J connectivity index is 2.03. The number of aryl methyl sites for hydroxylation is 1. The van der Waals surface area contributed by atoms with E-state index >= 15 is 0 Å². The van der Waals surface area contributed by atoms with Crippen molar-refractivity contribution >= 4 is 17.5 Å². The molecule has 0 fully saturated rings. The maximum absolute atomic E-state index is 13.2. The summed E-state index contributed by atoms with van der Waals surface area (Å²) in [5.74, 6) is -2.20. The van der Waals surface area contributed by atoms with Crippen molar-refractivity contribution in [3.63, 3.8) is 0 Å². The molecular formula is C14H13ClF2N2O2. The average molecular weight is 315 g/mol. The minimum absolute atomic E-state index is 0.00217. The second-order valence-corrected chi connectivity index (χ2v) is 5.00. The summed E-state index contributed by atoms with van der Waals surface area (Å²) in [6.07, 6.45) is 0.00217. The smallest absolute Gasteiger partial charge is 0.229 e. The van der Waals surface area contributed by atoms with Crippen molar-refractivity contribution < 1.29 is 18.1 Å². The SMILES string of the molecule is Cc1noc(Cl)c1CC(=O)N[C@@H](C)c1ccc(F)c(F)c1.